The second-order valence-electron chi connectivity index (χ2n) is 4.90. The average Bonchev–Trinajstić information content (AvgIpc) is 2.50. The van der Waals surface area contributed by atoms with Gasteiger partial charge in [-0.15, -0.1) is 0 Å². The molecule has 0 radical (unpaired) electrons. The van der Waals surface area contributed by atoms with Gasteiger partial charge in [0.05, 0.1) is 6.61 Å². The summed E-state index contributed by atoms with van der Waals surface area (Å²) in [5.41, 5.74) is 8.26. The van der Waals surface area contributed by atoms with Gasteiger partial charge in [0.15, 0.2) is 0 Å². The molecule has 20 heavy (non-hydrogen) atoms. The van der Waals surface area contributed by atoms with Gasteiger partial charge in [-0.1, -0.05) is 31.2 Å². The molecule has 0 aliphatic carbocycles. The van der Waals surface area contributed by atoms with Gasteiger partial charge >= 0.3 is 0 Å². The number of para-hydroxylation sites is 1. The van der Waals surface area contributed by atoms with Crippen LogP contribution in [0.15, 0.2) is 48.7 Å². The lowest BCUT2D eigenvalue weighted by Crippen LogP contribution is -2.21. The lowest BCUT2D eigenvalue weighted by molar-refractivity contribution is 0.316. The molecule has 0 saturated heterocycles. The van der Waals surface area contributed by atoms with Crippen LogP contribution in [0.25, 0.3) is 0 Å². The quantitative estimate of drug-likeness (QED) is 0.841. The summed E-state index contributed by atoms with van der Waals surface area (Å²) in [7, 11) is 0. The molecule has 0 saturated carbocycles. The first-order valence-electron chi connectivity index (χ1n) is 7.15. The largest absolute Gasteiger partial charge is 0.493 e. The van der Waals surface area contributed by atoms with Gasteiger partial charge in [0.1, 0.15) is 5.75 Å². The zero-order chi connectivity index (χ0) is 14.2. The second kappa shape index (κ2) is 7.65. The van der Waals surface area contributed by atoms with Gasteiger partial charge in [-0.2, -0.15) is 0 Å². The first-order valence-corrected chi connectivity index (χ1v) is 7.15. The standard InChI is InChI=1S/C17H22N2O/c1-2-15(18)13-14-7-3-4-9-17(14)20-12-10-16-8-5-6-11-19-16/h3-9,11,15H,2,10,12-13,18H2,1H3. The first kappa shape index (κ1) is 14.5. The maximum atomic E-state index is 6.03. The maximum Gasteiger partial charge on any atom is 0.122 e. The number of rotatable bonds is 7. The highest BCUT2D eigenvalue weighted by molar-refractivity contribution is 5.34. The minimum Gasteiger partial charge on any atom is -0.493 e. The Kier molecular flexibility index (Phi) is 5.56. The van der Waals surface area contributed by atoms with Crippen LogP contribution in [0.1, 0.15) is 24.6 Å². The highest BCUT2D eigenvalue weighted by Crippen LogP contribution is 2.20. The second-order valence-corrected chi connectivity index (χ2v) is 4.90. The minimum absolute atomic E-state index is 0.190. The van der Waals surface area contributed by atoms with Gasteiger partial charge in [-0.3, -0.25) is 4.98 Å². The molecule has 0 spiro atoms. The third kappa shape index (κ3) is 4.35. The molecule has 0 amide bonds. The van der Waals surface area contributed by atoms with Gasteiger partial charge in [-0.05, 0) is 36.6 Å². The summed E-state index contributed by atoms with van der Waals surface area (Å²) in [6, 6.07) is 14.3. The number of aromatic nitrogens is 1. The van der Waals surface area contributed by atoms with Crippen LogP contribution in [0.4, 0.5) is 0 Å². The van der Waals surface area contributed by atoms with E-state index in [4.69, 9.17) is 10.5 Å². The molecule has 3 heteroatoms. The summed E-state index contributed by atoms with van der Waals surface area (Å²) in [6.07, 6.45) is 4.46. The molecule has 1 unspecified atom stereocenters. The van der Waals surface area contributed by atoms with E-state index in [1.54, 1.807) is 0 Å². The predicted molar refractivity (Wildman–Crippen MR) is 81.8 cm³/mol. The van der Waals surface area contributed by atoms with E-state index in [0.717, 1.165) is 30.7 Å². The summed E-state index contributed by atoms with van der Waals surface area (Å²) in [4.78, 5) is 4.29. The van der Waals surface area contributed by atoms with Crippen molar-refractivity contribution in [1.82, 2.24) is 4.98 Å². The van der Waals surface area contributed by atoms with Crippen molar-refractivity contribution in [3.05, 3.63) is 59.9 Å². The molecule has 0 aliphatic heterocycles. The summed E-state index contributed by atoms with van der Waals surface area (Å²) < 4.78 is 5.89. The number of ether oxygens (including phenoxy) is 1. The van der Waals surface area contributed by atoms with Crippen LogP contribution in [0.5, 0.6) is 5.75 Å². The minimum atomic E-state index is 0.190. The third-order valence-corrected chi connectivity index (χ3v) is 3.32. The van der Waals surface area contributed by atoms with Gasteiger partial charge in [0, 0.05) is 24.4 Å². The molecule has 2 rings (SSSR count). The van der Waals surface area contributed by atoms with E-state index in [1.165, 1.54) is 5.56 Å². The summed E-state index contributed by atoms with van der Waals surface area (Å²) >= 11 is 0. The van der Waals surface area contributed by atoms with Gasteiger partial charge in [-0.25, -0.2) is 0 Å². The molecular formula is C17H22N2O. The zero-order valence-electron chi connectivity index (χ0n) is 12.0. The number of pyridine rings is 1. The Morgan fingerprint density at radius 2 is 1.95 bits per heavy atom. The van der Waals surface area contributed by atoms with Crippen LogP contribution in [-0.4, -0.2) is 17.6 Å². The highest BCUT2D eigenvalue weighted by Gasteiger charge is 2.07. The Morgan fingerprint density at radius 1 is 1.15 bits per heavy atom. The lowest BCUT2D eigenvalue weighted by Gasteiger charge is -2.14. The van der Waals surface area contributed by atoms with E-state index in [0.29, 0.717) is 6.61 Å². The molecule has 0 aliphatic rings. The number of nitrogens with zero attached hydrogens (tertiary/aromatic N) is 1. The topological polar surface area (TPSA) is 48.1 Å². The van der Waals surface area contributed by atoms with Crippen LogP contribution >= 0.6 is 0 Å². The monoisotopic (exact) mass is 270 g/mol. The van der Waals surface area contributed by atoms with Crippen molar-refractivity contribution in [1.29, 1.82) is 0 Å². The van der Waals surface area contributed by atoms with Crippen molar-refractivity contribution in [3.8, 4) is 5.75 Å². The molecule has 0 fully saturated rings. The Balaban J connectivity index is 1.92. The van der Waals surface area contributed by atoms with Crippen LogP contribution in [0.3, 0.4) is 0 Å². The Labute approximate surface area is 120 Å². The molecular weight excluding hydrogens is 248 g/mol. The fraction of sp³-hybridized carbons (Fsp3) is 0.353. The van der Waals surface area contributed by atoms with Crippen LogP contribution < -0.4 is 10.5 Å². The molecule has 2 N–H and O–H groups in total. The lowest BCUT2D eigenvalue weighted by atomic mass is 10.0. The first-order chi connectivity index (χ1) is 9.79. The summed E-state index contributed by atoms with van der Waals surface area (Å²) in [5, 5.41) is 0. The number of benzene rings is 1. The normalized spacial score (nSPS) is 12.1. The average molecular weight is 270 g/mol. The fourth-order valence-corrected chi connectivity index (χ4v) is 2.05. The van der Waals surface area contributed by atoms with E-state index >= 15 is 0 Å². The van der Waals surface area contributed by atoms with Gasteiger partial charge < -0.3 is 10.5 Å². The summed E-state index contributed by atoms with van der Waals surface area (Å²) in [6.45, 7) is 2.74. The van der Waals surface area contributed by atoms with E-state index in [2.05, 4.69) is 18.0 Å². The highest BCUT2D eigenvalue weighted by atomic mass is 16.5. The predicted octanol–water partition coefficient (Wildman–Crippen LogP) is 2.98. The van der Waals surface area contributed by atoms with Crippen molar-refractivity contribution in [2.75, 3.05) is 6.61 Å². The van der Waals surface area contributed by atoms with Crippen molar-refractivity contribution in [3.63, 3.8) is 0 Å². The maximum absolute atomic E-state index is 6.03. The van der Waals surface area contributed by atoms with Gasteiger partial charge in [0.25, 0.3) is 0 Å². The van der Waals surface area contributed by atoms with Gasteiger partial charge in [0.2, 0.25) is 0 Å². The Morgan fingerprint density at radius 3 is 2.70 bits per heavy atom. The molecule has 1 aromatic heterocycles. The molecule has 106 valence electrons. The van der Waals surface area contributed by atoms with Crippen molar-refractivity contribution in [2.45, 2.75) is 32.2 Å². The van der Waals surface area contributed by atoms with E-state index in [9.17, 15) is 0 Å². The number of hydrogen-bond donors (Lipinski definition) is 1. The molecule has 3 nitrogen and oxygen atoms in total. The van der Waals surface area contributed by atoms with E-state index < -0.39 is 0 Å². The Bertz CT molecular complexity index is 513. The molecule has 1 aromatic carbocycles. The number of nitrogens with two attached hydrogens (primary N) is 1. The fourth-order valence-electron chi connectivity index (χ4n) is 2.05. The van der Waals surface area contributed by atoms with Crippen LogP contribution in [0.2, 0.25) is 0 Å². The van der Waals surface area contributed by atoms with Crippen LogP contribution in [0, 0.1) is 0 Å². The van der Waals surface area contributed by atoms with E-state index in [-0.39, 0.29) is 6.04 Å². The van der Waals surface area contributed by atoms with Crippen molar-refractivity contribution >= 4 is 0 Å². The molecule has 1 heterocycles. The van der Waals surface area contributed by atoms with Crippen molar-refractivity contribution < 1.29 is 4.74 Å². The Hall–Kier alpha value is -1.87. The number of hydrogen-bond acceptors (Lipinski definition) is 3. The summed E-state index contributed by atoms with van der Waals surface area (Å²) in [5.74, 6) is 0.937. The molecule has 0 bridgehead atoms. The smallest absolute Gasteiger partial charge is 0.122 e. The van der Waals surface area contributed by atoms with E-state index in [1.807, 2.05) is 42.6 Å². The third-order valence-electron chi connectivity index (χ3n) is 3.32. The van der Waals surface area contributed by atoms with Crippen molar-refractivity contribution in [2.24, 2.45) is 5.73 Å². The SMILES string of the molecule is CCC(N)Cc1ccccc1OCCc1ccccn1. The molecule has 1 atom stereocenters. The molecule has 2 aromatic rings. The van der Waals surface area contributed by atoms with Crippen LogP contribution in [-0.2, 0) is 12.8 Å². The zero-order valence-corrected chi connectivity index (χ0v) is 12.0.